The van der Waals surface area contributed by atoms with Crippen LogP contribution in [0.15, 0.2) is 73.3 Å². The first-order chi connectivity index (χ1) is 14.5. The van der Waals surface area contributed by atoms with Gasteiger partial charge in [-0.1, -0.05) is 79.0 Å². The summed E-state index contributed by atoms with van der Waals surface area (Å²) in [7, 11) is 0. The van der Waals surface area contributed by atoms with Gasteiger partial charge in [0.1, 0.15) is 6.61 Å². The number of ether oxygens (including phenoxy) is 2. The first-order valence-electron chi connectivity index (χ1n) is 9.84. The molecule has 1 aliphatic rings. The minimum atomic E-state index is -1.21. The van der Waals surface area contributed by atoms with Gasteiger partial charge in [-0.2, -0.15) is 0 Å². The van der Waals surface area contributed by atoms with E-state index in [1.165, 1.54) is 4.90 Å². The van der Waals surface area contributed by atoms with E-state index >= 15 is 0 Å². The number of hydrogen-bond acceptors (Lipinski definition) is 5. The molecule has 3 rings (SSSR count). The predicted octanol–water partition coefficient (Wildman–Crippen LogP) is 5.37. The van der Waals surface area contributed by atoms with Crippen LogP contribution in [0.3, 0.4) is 0 Å². The van der Waals surface area contributed by atoms with Crippen molar-refractivity contribution in [1.82, 2.24) is 4.90 Å². The van der Waals surface area contributed by atoms with Crippen molar-refractivity contribution >= 4 is 29.1 Å². The van der Waals surface area contributed by atoms with Crippen LogP contribution in [0.2, 0.25) is 0 Å². The van der Waals surface area contributed by atoms with E-state index in [0.29, 0.717) is 18.4 Å². The van der Waals surface area contributed by atoms with E-state index in [9.17, 15) is 9.59 Å². The second-order valence-electron chi connectivity index (χ2n) is 7.30. The normalized spacial score (nSPS) is 20.5. The van der Waals surface area contributed by atoms with Crippen molar-refractivity contribution in [2.45, 2.75) is 44.6 Å². The fourth-order valence-electron chi connectivity index (χ4n) is 3.61. The summed E-state index contributed by atoms with van der Waals surface area (Å²) < 4.78 is 11.3. The molecule has 6 heteroatoms. The van der Waals surface area contributed by atoms with Gasteiger partial charge >= 0.3 is 12.1 Å². The Hall–Kier alpha value is -2.99. The van der Waals surface area contributed by atoms with Crippen molar-refractivity contribution in [3.63, 3.8) is 0 Å². The number of benzene rings is 2. The van der Waals surface area contributed by atoms with Gasteiger partial charge in [0.25, 0.3) is 0 Å². The smallest absolute Gasteiger partial charge is 0.414 e. The average Bonchev–Trinajstić information content (AvgIpc) is 3.04. The highest BCUT2D eigenvalue weighted by Gasteiger charge is 2.57. The summed E-state index contributed by atoms with van der Waals surface area (Å²) in [4.78, 5) is 28.6. The molecule has 1 heterocycles. The summed E-state index contributed by atoms with van der Waals surface area (Å²) in [6.07, 6.45) is 1.25. The highest BCUT2D eigenvalue weighted by atomic mass is 32.1. The maximum atomic E-state index is 13.3. The van der Waals surface area contributed by atoms with Crippen LogP contribution >= 0.6 is 12.2 Å². The van der Waals surface area contributed by atoms with E-state index in [2.05, 4.69) is 6.58 Å². The van der Waals surface area contributed by atoms with Crippen LogP contribution in [0.25, 0.3) is 0 Å². The van der Waals surface area contributed by atoms with Crippen LogP contribution in [0.4, 0.5) is 4.79 Å². The summed E-state index contributed by atoms with van der Waals surface area (Å²) in [6.45, 7) is 5.72. The van der Waals surface area contributed by atoms with E-state index in [0.717, 1.165) is 10.4 Å². The SMILES string of the molecule is C=CC[C@]1(CCC(C)=S)C(=O)O[C@H](c2ccccc2)N1C(=O)OCc1ccccc1. The second-order valence-corrected chi connectivity index (χ2v) is 8.00. The number of nitrogens with zero attached hydrogens (tertiary/aromatic N) is 1. The largest absolute Gasteiger partial charge is 0.444 e. The van der Waals surface area contributed by atoms with Gasteiger partial charge in [0.05, 0.1) is 0 Å². The molecule has 0 spiro atoms. The van der Waals surface area contributed by atoms with Crippen LogP contribution in [0.1, 0.15) is 43.5 Å². The predicted molar refractivity (Wildman–Crippen MR) is 119 cm³/mol. The van der Waals surface area contributed by atoms with Crippen molar-refractivity contribution in [3.05, 3.63) is 84.4 Å². The Morgan fingerprint density at radius 2 is 1.83 bits per heavy atom. The van der Waals surface area contributed by atoms with E-state index in [4.69, 9.17) is 21.7 Å². The molecule has 2 aromatic rings. The fourth-order valence-corrected chi connectivity index (χ4v) is 3.71. The second kappa shape index (κ2) is 9.67. The zero-order valence-electron chi connectivity index (χ0n) is 17.0. The lowest BCUT2D eigenvalue weighted by Crippen LogP contribution is -2.52. The summed E-state index contributed by atoms with van der Waals surface area (Å²) in [5, 5.41) is 0. The number of carbonyl (C=O) groups excluding carboxylic acids is 2. The van der Waals surface area contributed by atoms with Gasteiger partial charge < -0.3 is 9.47 Å². The third kappa shape index (κ3) is 4.60. The fraction of sp³-hybridized carbons (Fsp3) is 0.292. The van der Waals surface area contributed by atoms with Crippen LogP contribution in [0.5, 0.6) is 0 Å². The molecule has 1 saturated heterocycles. The number of hydrogen-bond donors (Lipinski definition) is 0. The van der Waals surface area contributed by atoms with Crippen molar-refractivity contribution in [2.75, 3.05) is 0 Å². The molecule has 0 radical (unpaired) electrons. The van der Waals surface area contributed by atoms with Crippen molar-refractivity contribution < 1.29 is 19.1 Å². The minimum absolute atomic E-state index is 0.0994. The van der Waals surface area contributed by atoms with Gasteiger partial charge in [-0.25, -0.2) is 9.59 Å². The molecule has 1 aliphatic heterocycles. The number of cyclic esters (lactones) is 1. The molecule has 0 saturated carbocycles. The summed E-state index contributed by atoms with van der Waals surface area (Å²) in [5.41, 5.74) is 0.348. The maximum Gasteiger partial charge on any atom is 0.414 e. The first-order valence-corrected chi connectivity index (χ1v) is 10.2. The lowest BCUT2D eigenvalue weighted by Gasteiger charge is -2.35. The molecule has 30 heavy (non-hydrogen) atoms. The van der Waals surface area contributed by atoms with E-state index in [1.807, 2.05) is 67.6 Å². The molecule has 0 unspecified atom stereocenters. The molecule has 1 fully saturated rings. The monoisotopic (exact) mass is 423 g/mol. The van der Waals surface area contributed by atoms with Crippen LogP contribution in [0, 0.1) is 0 Å². The highest BCUT2D eigenvalue weighted by molar-refractivity contribution is 7.80. The van der Waals surface area contributed by atoms with Gasteiger partial charge in [0, 0.05) is 5.56 Å². The van der Waals surface area contributed by atoms with Crippen molar-refractivity contribution in [3.8, 4) is 0 Å². The van der Waals surface area contributed by atoms with E-state index < -0.39 is 23.8 Å². The molecular weight excluding hydrogens is 398 g/mol. The number of esters is 1. The molecule has 2 atom stereocenters. The van der Waals surface area contributed by atoms with Crippen LogP contribution < -0.4 is 0 Å². The number of rotatable bonds is 8. The number of thiocarbonyl (C=S) groups is 1. The molecule has 0 N–H and O–H groups in total. The summed E-state index contributed by atoms with van der Waals surface area (Å²) in [6, 6.07) is 18.6. The van der Waals surface area contributed by atoms with Gasteiger partial charge in [-0.15, -0.1) is 6.58 Å². The third-order valence-electron chi connectivity index (χ3n) is 5.15. The van der Waals surface area contributed by atoms with E-state index in [-0.39, 0.29) is 13.0 Å². The van der Waals surface area contributed by atoms with Crippen molar-refractivity contribution in [1.29, 1.82) is 0 Å². The lowest BCUT2D eigenvalue weighted by molar-refractivity contribution is -0.145. The Morgan fingerprint density at radius 1 is 1.20 bits per heavy atom. The molecule has 156 valence electrons. The topological polar surface area (TPSA) is 55.8 Å². The molecular formula is C24H25NO4S. The van der Waals surface area contributed by atoms with E-state index in [1.54, 1.807) is 6.08 Å². The molecule has 5 nitrogen and oxygen atoms in total. The van der Waals surface area contributed by atoms with Crippen LogP contribution in [-0.2, 0) is 20.9 Å². The Kier molecular flexibility index (Phi) is 7.00. The molecule has 0 aromatic heterocycles. The van der Waals surface area contributed by atoms with Gasteiger partial charge in [-0.05, 0) is 36.6 Å². The minimum Gasteiger partial charge on any atom is -0.444 e. The number of amides is 1. The summed E-state index contributed by atoms with van der Waals surface area (Å²) in [5.74, 6) is -0.468. The average molecular weight is 424 g/mol. The molecule has 2 aromatic carbocycles. The van der Waals surface area contributed by atoms with Gasteiger partial charge in [0.2, 0.25) is 6.23 Å². The number of carbonyl (C=O) groups is 2. The molecule has 0 bridgehead atoms. The highest BCUT2D eigenvalue weighted by Crippen LogP contribution is 2.43. The molecule has 0 aliphatic carbocycles. The van der Waals surface area contributed by atoms with Gasteiger partial charge in [0.15, 0.2) is 5.54 Å². The zero-order chi connectivity index (χ0) is 21.6. The Bertz CT molecular complexity index is 915. The first kappa shape index (κ1) is 21.7. The maximum absolute atomic E-state index is 13.3. The Balaban J connectivity index is 1.95. The zero-order valence-corrected chi connectivity index (χ0v) is 17.8. The van der Waals surface area contributed by atoms with Crippen LogP contribution in [-0.4, -0.2) is 27.4 Å². The Labute approximate surface area is 182 Å². The standard InChI is InChI=1S/C24H25NO4S/c1-3-15-24(16-14-18(2)30)22(26)29-21(20-12-8-5-9-13-20)25(24)23(27)28-17-19-10-6-4-7-11-19/h3-13,21H,1,14-17H2,2H3/t21-,24+/m1/s1. The summed E-state index contributed by atoms with van der Waals surface area (Å²) >= 11 is 5.23. The van der Waals surface area contributed by atoms with Crippen molar-refractivity contribution in [2.24, 2.45) is 0 Å². The lowest BCUT2D eigenvalue weighted by atomic mass is 9.87. The molecule has 1 amide bonds. The quantitative estimate of drug-likeness (QED) is 0.325. The third-order valence-corrected chi connectivity index (χ3v) is 5.36. The Morgan fingerprint density at radius 3 is 2.43 bits per heavy atom. The van der Waals surface area contributed by atoms with Gasteiger partial charge in [-0.3, -0.25) is 4.90 Å².